The Morgan fingerprint density at radius 2 is 1.79 bits per heavy atom. The van der Waals surface area contributed by atoms with Gasteiger partial charge in [-0.3, -0.25) is 0 Å². The van der Waals surface area contributed by atoms with E-state index in [1.165, 1.54) is 0 Å². The van der Waals surface area contributed by atoms with E-state index in [4.69, 9.17) is 9.47 Å². The van der Waals surface area contributed by atoms with E-state index in [-0.39, 0.29) is 0 Å². The zero-order valence-electron chi connectivity index (χ0n) is 8.48. The maximum Gasteiger partial charge on any atom is 0.119 e. The number of benzene rings is 1. The molecule has 0 radical (unpaired) electrons. The Hall–Kier alpha value is -1.28. The van der Waals surface area contributed by atoms with Gasteiger partial charge in [-0.15, -0.1) is 0 Å². The van der Waals surface area contributed by atoms with Crippen LogP contribution in [0.5, 0.6) is 5.75 Å². The summed E-state index contributed by atoms with van der Waals surface area (Å²) in [6, 6.07) is 9.77. The minimum absolute atomic E-state index is 0.594. The number of hydrogen-bond acceptors (Lipinski definition) is 2. The summed E-state index contributed by atoms with van der Waals surface area (Å²) in [5.41, 5.74) is 0. The largest absolute Gasteiger partial charge is 0.490 e. The molecule has 2 heteroatoms. The molecule has 2 nitrogen and oxygen atoms in total. The van der Waals surface area contributed by atoms with Crippen molar-refractivity contribution in [2.45, 2.75) is 6.92 Å². The molecule has 14 heavy (non-hydrogen) atoms. The van der Waals surface area contributed by atoms with Crippen LogP contribution in [0.1, 0.15) is 6.92 Å². The van der Waals surface area contributed by atoms with E-state index in [2.05, 4.69) is 0 Å². The second kappa shape index (κ2) is 7.15. The van der Waals surface area contributed by atoms with Crippen molar-refractivity contribution in [3.63, 3.8) is 0 Å². The molecule has 0 aliphatic heterocycles. The quantitative estimate of drug-likeness (QED) is 0.509. The van der Waals surface area contributed by atoms with E-state index < -0.39 is 0 Å². The van der Waals surface area contributed by atoms with Crippen LogP contribution >= 0.6 is 0 Å². The van der Waals surface area contributed by atoms with Crippen molar-refractivity contribution in [1.82, 2.24) is 0 Å². The van der Waals surface area contributed by atoms with Crippen LogP contribution < -0.4 is 4.74 Å². The second-order valence-electron chi connectivity index (χ2n) is 2.75. The monoisotopic (exact) mass is 192 g/mol. The minimum Gasteiger partial charge on any atom is -0.490 e. The van der Waals surface area contributed by atoms with Gasteiger partial charge in [-0.2, -0.15) is 0 Å². The van der Waals surface area contributed by atoms with Crippen molar-refractivity contribution in [2.75, 3.05) is 19.8 Å². The Morgan fingerprint density at radius 1 is 1.07 bits per heavy atom. The van der Waals surface area contributed by atoms with Crippen molar-refractivity contribution < 1.29 is 9.47 Å². The van der Waals surface area contributed by atoms with Gasteiger partial charge in [0, 0.05) is 6.61 Å². The summed E-state index contributed by atoms with van der Waals surface area (Å²) in [4.78, 5) is 0. The number of para-hydroxylation sites is 1. The van der Waals surface area contributed by atoms with Crippen LogP contribution in [0, 0.1) is 0 Å². The molecular weight excluding hydrogens is 176 g/mol. The fourth-order valence-corrected chi connectivity index (χ4v) is 0.983. The van der Waals surface area contributed by atoms with Crippen LogP contribution in [-0.4, -0.2) is 19.8 Å². The van der Waals surface area contributed by atoms with Gasteiger partial charge < -0.3 is 9.47 Å². The van der Waals surface area contributed by atoms with Crippen molar-refractivity contribution in [2.24, 2.45) is 0 Å². The van der Waals surface area contributed by atoms with Crippen LogP contribution in [0.25, 0.3) is 0 Å². The van der Waals surface area contributed by atoms with E-state index >= 15 is 0 Å². The summed E-state index contributed by atoms with van der Waals surface area (Å²) < 4.78 is 10.6. The van der Waals surface area contributed by atoms with E-state index in [1.807, 2.05) is 49.4 Å². The number of hydrogen-bond donors (Lipinski definition) is 0. The molecule has 0 saturated carbocycles. The van der Waals surface area contributed by atoms with Gasteiger partial charge in [-0.1, -0.05) is 24.3 Å². The normalized spacial score (nSPS) is 10.6. The molecule has 0 unspecified atom stereocenters. The lowest BCUT2D eigenvalue weighted by Crippen LogP contribution is -1.94. The number of ether oxygens (including phenoxy) is 2. The summed E-state index contributed by atoms with van der Waals surface area (Å²) in [6.07, 6.45) is 3.93. The zero-order valence-corrected chi connectivity index (χ0v) is 8.48. The lowest BCUT2D eigenvalue weighted by atomic mass is 10.3. The molecule has 1 aromatic carbocycles. The highest BCUT2D eigenvalue weighted by atomic mass is 16.5. The summed E-state index contributed by atoms with van der Waals surface area (Å²) in [7, 11) is 0. The third kappa shape index (κ3) is 4.67. The third-order valence-electron chi connectivity index (χ3n) is 1.67. The Kier molecular flexibility index (Phi) is 5.52. The van der Waals surface area contributed by atoms with Crippen molar-refractivity contribution in [3.8, 4) is 5.75 Å². The van der Waals surface area contributed by atoms with E-state index in [0.717, 1.165) is 12.4 Å². The fraction of sp³-hybridized carbons (Fsp3) is 0.333. The van der Waals surface area contributed by atoms with E-state index in [1.54, 1.807) is 0 Å². The molecule has 0 aromatic heterocycles. The molecule has 0 atom stereocenters. The van der Waals surface area contributed by atoms with Crippen LogP contribution in [0.15, 0.2) is 42.5 Å². The average molecular weight is 192 g/mol. The first-order valence-electron chi connectivity index (χ1n) is 4.84. The van der Waals surface area contributed by atoms with Gasteiger partial charge in [-0.25, -0.2) is 0 Å². The van der Waals surface area contributed by atoms with Crippen LogP contribution in [0.3, 0.4) is 0 Å². The summed E-state index contributed by atoms with van der Waals surface area (Å²) >= 11 is 0. The smallest absolute Gasteiger partial charge is 0.119 e. The average Bonchev–Trinajstić information content (AvgIpc) is 2.25. The van der Waals surface area contributed by atoms with Gasteiger partial charge in [0.2, 0.25) is 0 Å². The molecule has 1 aromatic rings. The summed E-state index contributed by atoms with van der Waals surface area (Å²) in [6.45, 7) is 3.99. The molecule has 0 bridgehead atoms. The first kappa shape index (κ1) is 10.8. The third-order valence-corrected chi connectivity index (χ3v) is 1.67. The van der Waals surface area contributed by atoms with Gasteiger partial charge in [0.1, 0.15) is 12.4 Å². The molecule has 0 aliphatic rings. The Morgan fingerprint density at radius 3 is 2.50 bits per heavy atom. The standard InChI is InChI=1S/C12H16O2/c1-2-13-10-6-7-11-14-12-8-4-3-5-9-12/h3-9H,2,10-11H2,1H3/b7-6-. The first-order chi connectivity index (χ1) is 6.93. The predicted molar refractivity (Wildman–Crippen MR) is 57.6 cm³/mol. The molecule has 0 N–H and O–H groups in total. The Balaban J connectivity index is 2.12. The second-order valence-corrected chi connectivity index (χ2v) is 2.75. The topological polar surface area (TPSA) is 18.5 Å². The van der Waals surface area contributed by atoms with Crippen LogP contribution in [-0.2, 0) is 4.74 Å². The molecule has 76 valence electrons. The highest BCUT2D eigenvalue weighted by Gasteiger charge is 1.86. The molecule has 0 saturated heterocycles. The fourth-order valence-electron chi connectivity index (χ4n) is 0.983. The van der Waals surface area contributed by atoms with E-state index in [0.29, 0.717) is 13.2 Å². The van der Waals surface area contributed by atoms with Gasteiger partial charge in [0.05, 0.1) is 6.61 Å². The van der Waals surface area contributed by atoms with Crippen molar-refractivity contribution in [1.29, 1.82) is 0 Å². The molecule has 1 rings (SSSR count). The minimum atomic E-state index is 0.594. The zero-order chi connectivity index (χ0) is 10.1. The maximum absolute atomic E-state index is 5.44. The van der Waals surface area contributed by atoms with Crippen LogP contribution in [0.2, 0.25) is 0 Å². The maximum atomic E-state index is 5.44. The molecule has 0 heterocycles. The molecule has 0 aliphatic carbocycles. The first-order valence-corrected chi connectivity index (χ1v) is 4.84. The van der Waals surface area contributed by atoms with Crippen molar-refractivity contribution >= 4 is 0 Å². The molecule has 0 spiro atoms. The highest BCUT2D eigenvalue weighted by Crippen LogP contribution is 2.07. The molecule has 0 amide bonds. The summed E-state index contributed by atoms with van der Waals surface area (Å²) in [5, 5.41) is 0. The van der Waals surface area contributed by atoms with Gasteiger partial charge in [0.15, 0.2) is 0 Å². The van der Waals surface area contributed by atoms with E-state index in [9.17, 15) is 0 Å². The van der Waals surface area contributed by atoms with Gasteiger partial charge >= 0.3 is 0 Å². The SMILES string of the molecule is CCOC/C=C\COc1ccccc1. The van der Waals surface area contributed by atoms with Gasteiger partial charge in [-0.05, 0) is 25.1 Å². The Labute approximate surface area is 85.2 Å². The lowest BCUT2D eigenvalue weighted by Gasteiger charge is -2.01. The Bertz CT molecular complexity index is 254. The predicted octanol–water partition coefficient (Wildman–Crippen LogP) is 2.66. The number of rotatable bonds is 6. The van der Waals surface area contributed by atoms with Crippen molar-refractivity contribution in [3.05, 3.63) is 42.5 Å². The molecular formula is C12H16O2. The van der Waals surface area contributed by atoms with Crippen LogP contribution in [0.4, 0.5) is 0 Å². The summed E-state index contributed by atoms with van der Waals surface area (Å²) in [5.74, 6) is 0.897. The van der Waals surface area contributed by atoms with Gasteiger partial charge in [0.25, 0.3) is 0 Å². The molecule has 0 fully saturated rings. The highest BCUT2D eigenvalue weighted by molar-refractivity contribution is 5.21. The lowest BCUT2D eigenvalue weighted by molar-refractivity contribution is 0.177.